The number of methoxy groups -OCH3 is 1. The molecule has 0 aliphatic rings. The van der Waals surface area contributed by atoms with Crippen molar-refractivity contribution in [2.75, 3.05) is 19.0 Å². The van der Waals surface area contributed by atoms with Crippen molar-refractivity contribution in [1.29, 1.82) is 0 Å². The highest BCUT2D eigenvalue weighted by molar-refractivity contribution is 5.90. The summed E-state index contributed by atoms with van der Waals surface area (Å²) in [6.07, 6.45) is 0.650. The number of rotatable bonds is 8. The number of nitrogens with one attached hydrogen (secondary N) is 2. The van der Waals surface area contributed by atoms with Crippen LogP contribution in [0.4, 0.5) is 10.5 Å². The standard InChI is InChI=1S/C15H22N2O4/c1-11(7-8-14(18)19)9-16-15(20)17-13-6-4-3-5-12(13)10-21-2/h3-6,11H,7-10H2,1-2H3,(H,18,19)(H2,16,17,20). The molecule has 1 rings (SSSR count). The van der Waals surface area contributed by atoms with Crippen LogP contribution in [0, 0.1) is 5.92 Å². The summed E-state index contributed by atoms with van der Waals surface area (Å²) in [5.74, 6) is -0.708. The van der Waals surface area contributed by atoms with Crippen LogP contribution in [0.1, 0.15) is 25.3 Å². The van der Waals surface area contributed by atoms with Crippen LogP contribution in [0.2, 0.25) is 0 Å². The normalized spacial score (nSPS) is 11.7. The number of aliphatic carboxylic acids is 1. The molecular formula is C15H22N2O4. The predicted octanol–water partition coefficient (Wildman–Crippen LogP) is 2.46. The minimum absolute atomic E-state index is 0.112. The number of benzene rings is 1. The van der Waals surface area contributed by atoms with Gasteiger partial charge < -0.3 is 20.5 Å². The topological polar surface area (TPSA) is 87.7 Å². The molecule has 0 heterocycles. The SMILES string of the molecule is COCc1ccccc1NC(=O)NCC(C)CCC(=O)O. The zero-order chi connectivity index (χ0) is 15.7. The number of hydrogen-bond acceptors (Lipinski definition) is 3. The fourth-order valence-corrected chi connectivity index (χ4v) is 1.83. The number of hydrogen-bond donors (Lipinski definition) is 3. The summed E-state index contributed by atoms with van der Waals surface area (Å²) in [6, 6.07) is 7.10. The molecule has 0 aromatic heterocycles. The molecule has 3 N–H and O–H groups in total. The van der Waals surface area contributed by atoms with Crippen LogP contribution in [0.15, 0.2) is 24.3 Å². The van der Waals surface area contributed by atoms with E-state index in [-0.39, 0.29) is 18.4 Å². The number of carbonyl (C=O) groups is 2. The Balaban J connectivity index is 2.41. The molecule has 0 saturated carbocycles. The summed E-state index contributed by atoms with van der Waals surface area (Å²) in [6.45, 7) is 2.76. The van der Waals surface area contributed by atoms with Gasteiger partial charge >= 0.3 is 12.0 Å². The van der Waals surface area contributed by atoms with E-state index in [2.05, 4.69) is 10.6 Å². The molecule has 0 aliphatic carbocycles. The summed E-state index contributed by atoms with van der Waals surface area (Å²) in [5.41, 5.74) is 1.60. The first-order valence-corrected chi connectivity index (χ1v) is 6.86. The Morgan fingerprint density at radius 1 is 1.33 bits per heavy atom. The third-order valence-electron chi connectivity index (χ3n) is 3.03. The molecule has 6 nitrogen and oxygen atoms in total. The maximum atomic E-state index is 11.8. The Labute approximate surface area is 124 Å². The van der Waals surface area contributed by atoms with Gasteiger partial charge in [-0.3, -0.25) is 4.79 Å². The van der Waals surface area contributed by atoms with Crippen LogP contribution >= 0.6 is 0 Å². The van der Waals surface area contributed by atoms with E-state index >= 15 is 0 Å². The Bertz CT molecular complexity index is 476. The minimum Gasteiger partial charge on any atom is -0.481 e. The molecule has 0 saturated heterocycles. The van der Waals surface area contributed by atoms with E-state index in [1.165, 1.54) is 0 Å². The van der Waals surface area contributed by atoms with E-state index in [9.17, 15) is 9.59 Å². The van der Waals surface area contributed by atoms with Crippen molar-refractivity contribution in [2.24, 2.45) is 5.92 Å². The van der Waals surface area contributed by atoms with Crippen molar-refractivity contribution < 1.29 is 19.4 Å². The molecule has 116 valence electrons. The minimum atomic E-state index is -0.820. The van der Waals surface area contributed by atoms with Gasteiger partial charge in [0.15, 0.2) is 0 Å². The van der Waals surface area contributed by atoms with E-state index < -0.39 is 5.97 Å². The fraction of sp³-hybridized carbons (Fsp3) is 0.467. The molecule has 6 heteroatoms. The lowest BCUT2D eigenvalue weighted by molar-refractivity contribution is -0.137. The molecule has 2 amide bonds. The zero-order valence-corrected chi connectivity index (χ0v) is 12.4. The number of carbonyl (C=O) groups excluding carboxylic acids is 1. The molecule has 1 unspecified atom stereocenters. The van der Waals surface area contributed by atoms with Gasteiger partial charge in [0.1, 0.15) is 0 Å². The first-order valence-electron chi connectivity index (χ1n) is 6.86. The van der Waals surface area contributed by atoms with Crippen LogP contribution < -0.4 is 10.6 Å². The summed E-state index contributed by atoms with van der Waals surface area (Å²) < 4.78 is 5.08. The predicted molar refractivity (Wildman–Crippen MR) is 80.2 cm³/mol. The molecule has 1 aromatic carbocycles. The lowest BCUT2D eigenvalue weighted by atomic mass is 10.1. The lowest BCUT2D eigenvalue weighted by Gasteiger charge is -2.14. The van der Waals surface area contributed by atoms with E-state index in [1.54, 1.807) is 7.11 Å². The summed E-state index contributed by atoms with van der Waals surface area (Å²) >= 11 is 0. The van der Waals surface area contributed by atoms with Gasteiger partial charge in [-0.2, -0.15) is 0 Å². The lowest BCUT2D eigenvalue weighted by Crippen LogP contribution is -2.32. The second-order valence-corrected chi connectivity index (χ2v) is 4.96. The summed E-state index contributed by atoms with van der Waals surface area (Å²) in [7, 11) is 1.60. The number of amides is 2. The number of para-hydroxylation sites is 1. The number of anilines is 1. The highest BCUT2D eigenvalue weighted by atomic mass is 16.5. The Kier molecular flexibility index (Phi) is 7.25. The van der Waals surface area contributed by atoms with Gasteiger partial charge in [-0.1, -0.05) is 25.1 Å². The molecule has 1 atom stereocenters. The highest BCUT2D eigenvalue weighted by Gasteiger charge is 2.09. The average Bonchev–Trinajstić information content (AvgIpc) is 2.45. The molecule has 0 fully saturated rings. The summed E-state index contributed by atoms with van der Waals surface area (Å²) in [4.78, 5) is 22.3. The Morgan fingerprint density at radius 3 is 2.71 bits per heavy atom. The van der Waals surface area contributed by atoms with Crippen LogP contribution in [0.25, 0.3) is 0 Å². The first kappa shape index (κ1) is 17.0. The van der Waals surface area contributed by atoms with Crippen molar-refractivity contribution in [3.63, 3.8) is 0 Å². The van der Waals surface area contributed by atoms with E-state index in [4.69, 9.17) is 9.84 Å². The van der Waals surface area contributed by atoms with Crippen molar-refractivity contribution >= 4 is 17.7 Å². The molecule has 0 aliphatic heterocycles. The second kappa shape index (κ2) is 8.97. The van der Waals surface area contributed by atoms with Crippen molar-refractivity contribution in [1.82, 2.24) is 5.32 Å². The van der Waals surface area contributed by atoms with Crippen LogP contribution in [0.5, 0.6) is 0 Å². The van der Waals surface area contributed by atoms with Crippen molar-refractivity contribution in [3.8, 4) is 0 Å². The second-order valence-electron chi connectivity index (χ2n) is 4.96. The maximum absolute atomic E-state index is 11.8. The highest BCUT2D eigenvalue weighted by Crippen LogP contribution is 2.15. The average molecular weight is 294 g/mol. The maximum Gasteiger partial charge on any atom is 0.319 e. The Morgan fingerprint density at radius 2 is 2.05 bits per heavy atom. The molecule has 0 spiro atoms. The van der Waals surface area contributed by atoms with Crippen LogP contribution in [-0.4, -0.2) is 30.8 Å². The smallest absolute Gasteiger partial charge is 0.319 e. The quantitative estimate of drug-likeness (QED) is 0.687. The third-order valence-corrected chi connectivity index (χ3v) is 3.03. The van der Waals surface area contributed by atoms with Gasteiger partial charge in [-0.15, -0.1) is 0 Å². The van der Waals surface area contributed by atoms with Crippen LogP contribution in [-0.2, 0) is 16.1 Å². The zero-order valence-electron chi connectivity index (χ0n) is 12.4. The Hall–Kier alpha value is -2.08. The van der Waals surface area contributed by atoms with Crippen LogP contribution in [0.3, 0.4) is 0 Å². The monoisotopic (exact) mass is 294 g/mol. The molecule has 0 bridgehead atoms. The van der Waals surface area contributed by atoms with E-state index in [0.717, 1.165) is 5.56 Å². The van der Waals surface area contributed by atoms with Gasteiger partial charge in [-0.05, 0) is 18.4 Å². The molecule has 1 aromatic rings. The van der Waals surface area contributed by atoms with Gasteiger partial charge in [0.05, 0.1) is 6.61 Å². The van der Waals surface area contributed by atoms with Gasteiger partial charge in [-0.25, -0.2) is 4.79 Å². The van der Waals surface area contributed by atoms with E-state index in [0.29, 0.717) is 25.3 Å². The molecule has 21 heavy (non-hydrogen) atoms. The number of carboxylic acids is 1. The number of urea groups is 1. The van der Waals surface area contributed by atoms with Gasteiger partial charge in [0.2, 0.25) is 0 Å². The van der Waals surface area contributed by atoms with E-state index in [1.807, 2.05) is 31.2 Å². The largest absolute Gasteiger partial charge is 0.481 e. The van der Waals surface area contributed by atoms with Gasteiger partial charge in [0.25, 0.3) is 0 Å². The fourth-order valence-electron chi connectivity index (χ4n) is 1.83. The number of ether oxygens (including phenoxy) is 1. The molecular weight excluding hydrogens is 272 g/mol. The molecule has 0 radical (unpaired) electrons. The van der Waals surface area contributed by atoms with Gasteiger partial charge in [0, 0.05) is 31.3 Å². The number of carboxylic acid groups (broad SMARTS) is 1. The first-order chi connectivity index (χ1) is 10.0. The van der Waals surface area contributed by atoms with Crippen molar-refractivity contribution in [2.45, 2.75) is 26.4 Å². The summed E-state index contributed by atoms with van der Waals surface area (Å²) in [5, 5.41) is 14.1. The third kappa shape index (κ3) is 6.76. The van der Waals surface area contributed by atoms with Crippen molar-refractivity contribution in [3.05, 3.63) is 29.8 Å².